The van der Waals surface area contributed by atoms with E-state index in [0.717, 1.165) is 6.42 Å². The number of thiophene rings is 1. The molecule has 0 aliphatic rings. The quantitative estimate of drug-likeness (QED) is 0.716. The zero-order chi connectivity index (χ0) is 9.42. The van der Waals surface area contributed by atoms with Crippen LogP contribution in [0.3, 0.4) is 0 Å². The zero-order valence-corrected chi connectivity index (χ0v) is 8.88. The molecule has 0 fully saturated rings. The van der Waals surface area contributed by atoms with Gasteiger partial charge in [0.15, 0.2) is 0 Å². The Morgan fingerprint density at radius 1 is 1.46 bits per heavy atom. The number of nitrogens with two attached hydrogens (primary N) is 1. The predicted octanol–water partition coefficient (Wildman–Crippen LogP) is 3.70. The van der Waals surface area contributed by atoms with E-state index in [1.165, 1.54) is 15.6 Å². The van der Waals surface area contributed by atoms with E-state index in [0.29, 0.717) is 10.7 Å². The van der Waals surface area contributed by atoms with E-state index in [4.69, 9.17) is 17.3 Å². The maximum Gasteiger partial charge on any atom is 0.0649 e. The molecular formula is C10H10ClNS. The van der Waals surface area contributed by atoms with Crippen molar-refractivity contribution in [2.24, 2.45) is 0 Å². The summed E-state index contributed by atoms with van der Waals surface area (Å²) in [5.41, 5.74) is 7.76. The van der Waals surface area contributed by atoms with E-state index >= 15 is 0 Å². The third-order valence-corrected chi connectivity index (χ3v) is 3.48. The number of halogens is 1. The van der Waals surface area contributed by atoms with Gasteiger partial charge in [-0.05, 0) is 34.9 Å². The molecule has 0 unspecified atom stereocenters. The van der Waals surface area contributed by atoms with Crippen LogP contribution in [0.15, 0.2) is 17.5 Å². The van der Waals surface area contributed by atoms with Gasteiger partial charge in [-0.2, -0.15) is 0 Å². The van der Waals surface area contributed by atoms with Gasteiger partial charge in [-0.1, -0.05) is 18.5 Å². The largest absolute Gasteiger partial charge is 0.398 e. The minimum Gasteiger partial charge on any atom is -0.398 e. The molecule has 13 heavy (non-hydrogen) atoms. The molecule has 0 amide bonds. The summed E-state index contributed by atoms with van der Waals surface area (Å²) in [5, 5.41) is 4.06. The Balaban J connectivity index is 2.77. The van der Waals surface area contributed by atoms with Crippen molar-refractivity contribution in [1.29, 1.82) is 0 Å². The van der Waals surface area contributed by atoms with Crippen LogP contribution in [0.2, 0.25) is 5.02 Å². The van der Waals surface area contributed by atoms with Crippen LogP contribution in [-0.4, -0.2) is 0 Å². The number of hydrogen-bond donors (Lipinski definition) is 1. The van der Waals surface area contributed by atoms with E-state index in [1.54, 1.807) is 11.3 Å². The van der Waals surface area contributed by atoms with Crippen molar-refractivity contribution in [3.63, 3.8) is 0 Å². The molecule has 2 aromatic rings. The number of nitrogen functional groups attached to an aromatic ring is 1. The number of aryl methyl sites for hydroxylation is 1. The van der Waals surface area contributed by atoms with Crippen molar-refractivity contribution >= 4 is 38.7 Å². The highest BCUT2D eigenvalue weighted by Crippen LogP contribution is 2.32. The monoisotopic (exact) mass is 211 g/mol. The molecule has 0 bridgehead atoms. The van der Waals surface area contributed by atoms with Crippen LogP contribution in [0.4, 0.5) is 5.69 Å². The summed E-state index contributed by atoms with van der Waals surface area (Å²) in [5.74, 6) is 0. The minimum absolute atomic E-state index is 0.650. The van der Waals surface area contributed by atoms with E-state index in [1.807, 2.05) is 12.1 Å². The van der Waals surface area contributed by atoms with E-state index < -0.39 is 0 Å². The molecule has 1 aromatic carbocycles. The molecule has 2 N–H and O–H groups in total. The van der Waals surface area contributed by atoms with Gasteiger partial charge in [-0.3, -0.25) is 0 Å². The van der Waals surface area contributed by atoms with Gasteiger partial charge < -0.3 is 5.73 Å². The fourth-order valence-corrected chi connectivity index (χ4v) is 2.69. The smallest absolute Gasteiger partial charge is 0.0649 e. The number of anilines is 1. The maximum absolute atomic E-state index is 5.92. The molecule has 0 spiro atoms. The van der Waals surface area contributed by atoms with Gasteiger partial charge in [0.1, 0.15) is 0 Å². The van der Waals surface area contributed by atoms with Gasteiger partial charge in [0.05, 0.1) is 10.7 Å². The summed E-state index contributed by atoms with van der Waals surface area (Å²) in [6.45, 7) is 2.15. The second kappa shape index (κ2) is 3.20. The van der Waals surface area contributed by atoms with E-state index in [2.05, 4.69) is 12.3 Å². The third-order valence-electron chi connectivity index (χ3n) is 2.15. The molecule has 1 aromatic heterocycles. The fraction of sp³-hybridized carbons (Fsp3) is 0.200. The Bertz CT molecular complexity index is 447. The summed E-state index contributed by atoms with van der Waals surface area (Å²) < 4.78 is 1.22. The minimum atomic E-state index is 0.650. The van der Waals surface area contributed by atoms with Crippen LogP contribution in [0.25, 0.3) is 10.1 Å². The van der Waals surface area contributed by atoms with Crippen molar-refractivity contribution in [2.75, 3.05) is 5.73 Å². The molecule has 0 aliphatic heterocycles. The first-order valence-electron chi connectivity index (χ1n) is 4.17. The Morgan fingerprint density at radius 2 is 2.23 bits per heavy atom. The molecule has 2 rings (SSSR count). The van der Waals surface area contributed by atoms with Crippen LogP contribution in [-0.2, 0) is 6.42 Å². The molecule has 0 radical (unpaired) electrons. The highest BCUT2D eigenvalue weighted by molar-refractivity contribution is 7.17. The first-order valence-corrected chi connectivity index (χ1v) is 5.43. The zero-order valence-electron chi connectivity index (χ0n) is 7.30. The average molecular weight is 212 g/mol. The van der Waals surface area contributed by atoms with Crippen LogP contribution < -0.4 is 5.73 Å². The summed E-state index contributed by atoms with van der Waals surface area (Å²) >= 11 is 7.64. The van der Waals surface area contributed by atoms with Crippen LogP contribution >= 0.6 is 22.9 Å². The highest BCUT2D eigenvalue weighted by atomic mass is 35.5. The van der Waals surface area contributed by atoms with Gasteiger partial charge >= 0.3 is 0 Å². The fourth-order valence-electron chi connectivity index (χ4n) is 1.39. The Kier molecular flexibility index (Phi) is 2.18. The first-order chi connectivity index (χ1) is 6.22. The number of hydrogen-bond acceptors (Lipinski definition) is 2. The first kappa shape index (κ1) is 8.85. The molecule has 1 heterocycles. The van der Waals surface area contributed by atoms with Crippen molar-refractivity contribution in [3.05, 3.63) is 28.1 Å². The normalized spacial score (nSPS) is 10.9. The number of benzene rings is 1. The topological polar surface area (TPSA) is 26.0 Å². The molecule has 3 heteroatoms. The van der Waals surface area contributed by atoms with Crippen molar-refractivity contribution in [3.8, 4) is 0 Å². The van der Waals surface area contributed by atoms with Crippen LogP contribution in [0.1, 0.15) is 12.5 Å². The molecular weight excluding hydrogens is 202 g/mol. The number of rotatable bonds is 1. The molecule has 0 saturated heterocycles. The predicted molar refractivity (Wildman–Crippen MR) is 60.6 cm³/mol. The Hall–Kier alpha value is -0.730. The van der Waals surface area contributed by atoms with Crippen molar-refractivity contribution < 1.29 is 0 Å². The number of fused-ring (bicyclic) bond motifs is 1. The van der Waals surface area contributed by atoms with E-state index in [-0.39, 0.29) is 0 Å². The molecule has 68 valence electrons. The van der Waals surface area contributed by atoms with Gasteiger partial charge in [-0.25, -0.2) is 0 Å². The van der Waals surface area contributed by atoms with Gasteiger partial charge in [0.25, 0.3) is 0 Å². The van der Waals surface area contributed by atoms with E-state index in [9.17, 15) is 0 Å². The highest BCUT2D eigenvalue weighted by Gasteiger charge is 2.05. The Labute approximate surface area is 86.1 Å². The standard InChI is InChI=1S/C10H10ClNS/c1-2-6-5-13-10-4-8(11)9(12)3-7(6)10/h3-5H,2,12H2,1H3. The third kappa shape index (κ3) is 1.40. The van der Waals surface area contributed by atoms with Crippen LogP contribution in [0, 0.1) is 0 Å². The summed E-state index contributed by atoms with van der Waals surface area (Å²) in [6.07, 6.45) is 1.04. The lowest BCUT2D eigenvalue weighted by Gasteiger charge is -1.99. The average Bonchev–Trinajstić information content (AvgIpc) is 2.48. The Morgan fingerprint density at radius 3 is 2.92 bits per heavy atom. The summed E-state index contributed by atoms with van der Waals surface area (Å²) in [4.78, 5) is 0. The van der Waals surface area contributed by atoms with Crippen molar-refractivity contribution in [2.45, 2.75) is 13.3 Å². The second-order valence-corrected chi connectivity index (χ2v) is 4.30. The molecule has 0 atom stereocenters. The van der Waals surface area contributed by atoms with Crippen LogP contribution in [0.5, 0.6) is 0 Å². The molecule has 0 saturated carbocycles. The van der Waals surface area contributed by atoms with Crippen molar-refractivity contribution in [1.82, 2.24) is 0 Å². The lowest BCUT2D eigenvalue weighted by molar-refractivity contribution is 1.17. The molecule has 0 aliphatic carbocycles. The maximum atomic E-state index is 5.92. The summed E-state index contributed by atoms with van der Waals surface area (Å²) in [6, 6.07) is 3.91. The van der Waals surface area contributed by atoms with Gasteiger partial charge in [-0.15, -0.1) is 11.3 Å². The summed E-state index contributed by atoms with van der Waals surface area (Å²) in [7, 11) is 0. The second-order valence-electron chi connectivity index (χ2n) is 2.98. The lowest BCUT2D eigenvalue weighted by atomic mass is 10.1. The lowest BCUT2D eigenvalue weighted by Crippen LogP contribution is -1.85. The SMILES string of the molecule is CCc1csc2cc(Cl)c(N)cc12. The van der Waals surface area contributed by atoms with Gasteiger partial charge in [0.2, 0.25) is 0 Å². The molecule has 1 nitrogen and oxygen atoms in total. The van der Waals surface area contributed by atoms with Gasteiger partial charge in [0, 0.05) is 4.70 Å².